The van der Waals surface area contributed by atoms with Gasteiger partial charge in [0.15, 0.2) is 6.61 Å². The van der Waals surface area contributed by atoms with E-state index in [2.05, 4.69) is 21.2 Å². The fourth-order valence-electron chi connectivity index (χ4n) is 2.68. The van der Waals surface area contributed by atoms with Gasteiger partial charge >= 0.3 is 0 Å². The van der Waals surface area contributed by atoms with E-state index in [9.17, 15) is 9.59 Å². The molecule has 0 bridgehead atoms. The maximum absolute atomic E-state index is 12.9. The van der Waals surface area contributed by atoms with E-state index in [1.807, 2.05) is 69.3 Å². The zero-order valence-electron chi connectivity index (χ0n) is 16.7. The first kappa shape index (κ1) is 22.0. The average molecular weight is 447 g/mol. The second-order valence-corrected chi connectivity index (χ2v) is 8.01. The number of benzene rings is 2. The van der Waals surface area contributed by atoms with Gasteiger partial charge in [0.1, 0.15) is 11.8 Å². The Morgan fingerprint density at radius 2 is 1.79 bits per heavy atom. The molecule has 0 saturated carbocycles. The van der Waals surface area contributed by atoms with Crippen molar-refractivity contribution < 1.29 is 14.3 Å². The molecule has 2 aromatic carbocycles. The number of nitrogens with zero attached hydrogens (tertiary/aromatic N) is 1. The van der Waals surface area contributed by atoms with E-state index in [1.54, 1.807) is 11.8 Å². The van der Waals surface area contributed by atoms with Gasteiger partial charge in [-0.2, -0.15) is 0 Å². The first-order valence-corrected chi connectivity index (χ1v) is 10.1. The van der Waals surface area contributed by atoms with Crippen LogP contribution in [0.15, 0.2) is 53.0 Å². The predicted octanol–water partition coefficient (Wildman–Crippen LogP) is 4.08. The summed E-state index contributed by atoms with van der Waals surface area (Å²) in [5, 5.41) is 2.87. The molecule has 1 N–H and O–H groups in total. The third-order valence-electron chi connectivity index (χ3n) is 4.22. The van der Waals surface area contributed by atoms with Gasteiger partial charge in [0.2, 0.25) is 5.91 Å². The minimum atomic E-state index is -0.615. The molecule has 28 heavy (non-hydrogen) atoms. The smallest absolute Gasteiger partial charge is 0.261 e. The molecule has 0 aliphatic rings. The van der Waals surface area contributed by atoms with E-state index in [0.29, 0.717) is 12.3 Å². The van der Waals surface area contributed by atoms with Gasteiger partial charge in [-0.25, -0.2) is 0 Å². The van der Waals surface area contributed by atoms with Crippen molar-refractivity contribution in [3.8, 4) is 5.75 Å². The molecule has 150 valence electrons. The van der Waals surface area contributed by atoms with Crippen molar-refractivity contribution in [1.29, 1.82) is 0 Å². The quantitative estimate of drug-likeness (QED) is 0.664. The van der Waals surface area contributed by atoms with E-state index in [4.69, 9.17) is 4.74 Å². The summed E-state index contributed by atoms with van der Waals surface area (Å²) >= 11 is 3.45. The number of aryl methyl sites for hydroxylation is 1. The van der Waals surface area contributed by atoms with Gasteiger partial charge in [-0.1, -0.05) is 45.8 Å². The van der Waals surface area contributed by atoms with Crippen LogP contribution in [0, 0.1) is 6.92 Å². The third-order valence-corrected chi connectivity index (χ3v) is 4.72. The number of amides is 2. The number of carbonyl (C=O) groups is 2. The van der Waals surface area contributed by atoms with Crippen LogP contribution in [0.3, 0.4) is 0 Å². The molecule has 0 spiro atoms. The lowest BCUT2D eigenvalue weighted by Crippen LogP contribution is -2.50. The van der Waals surface area contributed by atoms with Crippen molar-refractivity contribution >= 4 is 27.7 Å². The van der Waals surface area contributed by atoms with Gasteiger partial charge in [0, 0.05) is 17.1 Å². The zero-order valence-corrected chi connectivity index (χ0v) is 18.3. The summed E-state index contributed by atoms with van der Waals surface area (Å²) in [6.07, 6.45) is 0. The second kappa shape index (κ2) is 10.3. The highest BCUT2D eigenvalue weighted by Crippen LogP contribution is 2.16. The van der Waals surface area contributed by atoms with Crippen LogP contribution in [-0.2, 0) is 16.1 Å². The van der Waals surface area contributed by atoms with Crippen LogP contribution < -0.4 is 10.1 Å². The van der Waals surface area contributed by atoms with Crippen molar-refractivity contribution in [2.24, 2.45) is 0 Å². The van der Waals surface area contributed by atoms with Crippen LogP contribution in [0.25, 0.3) is 0 Å². The van der Waals surface area contributed by atoms with E-state index >= 15 is 0 Å². The fraction of sp³-hybridized carbons (Fsp3) is 0.364. The maximum Gasteiger partial charge on any atom is 0.261 e. The molecule has 1 atom stereocenters. The van der Waals surface area contributed by atoms with Gasteiger partial charge in [0.05, 0.1) is 0 Å². The highest BCUT2D eigenvalue weighted by molar-refractivity contribution is 9.10. The van der Waals surface area contributed by atoms with Crippen LogP contribution in [-0.4, -0.2) is 35.4 Å². The van der Waals surface area contributed by atoms with Crippen molar-refractivity contribution in [1.82, 2.24) is 10.2 Å². The van der Waals surface area contributed by atoms with Crippen LogP contribution in [0.4, 0.5) is 0 Å². The summed E-state index contributed by atoms with van der Waals surface area (Å²) < 4.78 is 6.57. The van der Waals surface area contributed by atoms with Gasteiger partial charge in [-0.3, -0.25) is 9.59 Å². The molecule has 0 saturated heterocycles. The number of hydrogen-bond acceptors (Lipinski definition) is 3. The van der Waals surface area contributed by atoms with Crippen molar-refractivity contribution in [2.75, 3.05) is 6.61 Å². The van der Waals surface area contributed by atoms with E-state index in [-0.39, 0.29) is 24.5 Å². The SMILES string of the molecule is Cc1ccc(OCC(=O)N(Cc2cccc(Br)c2)[C@@H](C)C(=O)NC(C)C)cc1. The van der Waals surface area contributed by atoms with E-state index in [0.717, 1.165) is 15.6 Å². The normalized spacial score (nSPS) is 11.8. The molecule has 0 aromatic heterocycles. The number of rotatable bonds is 8. The molecule has 2 rings (SSSR count). The lowest BCUT2D eigenvalue weighted by Gasteiger charge is -2.29. The highest BCUT2D eigenvalue weighted by Gasteiger charge is 2.26. The Balaban J connectivity index is 2.14. The lowest BCUT2D eigenvalue weighted by molar-refractivity contribution is -0.142. The Morgan fingerprint density at radius 3 is 2.39 bits per heavy atom. The van der Waals surface area contributed by atoms with Crippen molar-refractivity contribution in [2.45, 2.75) is 46.3 Å². The number of ether oxygens (including phenoxy) is 1. The van der Waals surface area contributed by atoms with Crippen LogP contribution in [0.2, 0.25) is 0 Å². The van der Waals surface area contributed by atoms with E-state index < -0.39 is 6.04 Å². The summed E-state index contributed by atoms with van der Waals surface area (Å²) in [6.45, 7) is 7.71. The third kappa shape index (κ3) is 6.68. The summed E-state index contributed by atoms with van der Waals surface area (Å²) in [4.78, 5) is 27.0. The van der Waals surface area contributed by atoms with Gasteiger partial charge in [-0.15, -0.1) is 0 Å². The number of hydrogen-bond donors (Lipinski definition) is 1. The van der Waals surface area contributed by atoms with Crippen LogP contribution in [0.1, 0.15) is 31.9 Å². The number of halogens is 1. The summed E-state index contributed by atoms with van der Waals surface area (Å²) in [7, 11) is 0. The first-order chi connectivity index (χ1) is 13.3. The summed E-state index contributed by atoms with van der Waals surface area (Å²) in [5.41, 5.74) is 2.05. The molecule has 0 radical (unpaired) electrons. The zero-order chi connectivity index (χ0) is 20.7. The first-order valence-electron chi connectivity index (χ1n) is 9.30. The molecule has 0 fully saturated rings. The Kier molecular flexibility index (Phi) is 8.05. The van der Waals surface area contributed by atoms with Crippen LogP contribution in [0.5, 0.6) is 5.75 Å². The second-order valence-electron chi connectivity index (χ2n) is 7.09. The molecule has 0 aliphatic heterocycles. The monoisotopic (exact) mass is 446 g/mol. The molecule has 0 heterocycles. The summed E-state index contributed by atoms with van der Waals surface area (Å²) in [5.74, 6) is 0.196. The molecule has 2 amide bonds. The van der Waals surface area contributed by atoms with Gasteiger partial charge < -0.3 is 15.0 Å². The molecule has 2 aromatic rings. The highest BCUT2D eigenvalue weighted by atomic mass is 79.9. The Morgan fingerprint density at radius 1 is 1.11 bits per heavy atom. The van der Waals surface area contributed by atoms with E-state index in [1.165, 1.54) is 0 Å². The molecule has 0 unspecified atom stereocenters. The predicted molar refractivity (Wildman–Crippen MR) is 114 cm³/mol. The maximum atomic E-state index is 12.9. The average Bonchev–Trinajstić information content (AvgIpc) is 2.64. The largest absolute Gasteiger partial charge is 0.484 e. The topological polar surface area (TPSA) is 58.6 Å². The molecular weight excluding hydrogens is 420 g/mol. The van der Waals surface area contributed by atoms with Gasteiger partial charge in [-0.05, 0) is 57.5 Å². The molecule has 6 heteroatoms. The van der Waals surface area contributed by atoms with Gasteiger partial charge in [0.25, 0.3) is 5.91 Å². The Labute approximate surface area is 175 Å². The Bertz CT molecular complexity index is 806. The van der Waals surface area contributed by atoms with Crippen molar-refractivity contribution in [3.63, 3.8) is 0 Å². The molecular formula is C22H27BrN2O3. The number of carbonyl (C=O) groups excluding carboxylic acids is 2. The summed E-state index contributed by atoms with van der Waals surface area (Å²) in [6, 6.07) is 14.6. The minimum Gasteiger partial charge on any atom is -0.484 e. The molecule has 0 aliphatic carbocycles. The standard InChI is InChI=1S/C22H27BrN2O3/c1-15(2)24-22(27)17(4)25(13-18-6-5-7-19(23)12-18)21(26)14-28-20-10-8-16(3)9-11-20/h5-12,15,17H,13-14H2,1-4H3,(H,24,27)/t17-/m0/s1. The van der Waals surface area contributed by atoms with Crippen molar-refractivity contribution in [3.05, 3.63) is 64.1 Å². The molecule has 5 nitrogen and oxygen atoms in total. The lowest BCUT2D eigenvalue weighted by atomic mass is 10.1. The minimum absolute atomic E-state index is 0.00146. The number of nitrogens with one attached hydrogen (secondary N) is 1. The fourth-order valence-corrected chi connectivity index (χ4v) is 3.13. The van der Waals surface area contributed by atoms with Crippen LogP contribution >= 0.6 is 15.9 Å². The Hall–Kier alpha value is -2.34.